The van der Waals surface area contributed by atoms with Gasteiger partial charge >= 0.3 is 5.63 Å². The Labute approximate surface area is 171 Å². The summed E-state index contributed by atoms with van der Waals surface area (Å²) < 4.78 is 6.53. The second-order valence-electron chi connectivity index (χ2n) is 7.28. The second-order valence-corrected chi connectivity index (χ2v) is 8.39. The first-order valence-corrected chi connectivity index (χ1v) is 10.5. The number of nitrogens with one attached hydrogen (secondary N) is 1. The highest BCUT2D eigenvalue weighted by Gasteiger charge is 2.27. The Hall–Kier alpha value is -3.03. The quantitative estimate of drug-likeness (QED) is 0.528. The number of rotatable bonds is 3. The third-order valence-corrected chi connectivity index (χ3v) is 6.41. The van der Waals surface area contributed by atoms with Crippen LogP contribution >= 0.6 is 11.3 Å². The molecular formula is C22H20N3O3S+. The van der Waals surface area contributed by atoms with E-state index in [1.807, 2.05) is 30.3 Å². The summed E-state index contributed by atoms with van der Waals surface area (Å²) in [5.74, 6) is -0.247. The molecule has 2 aromatic carbocycles. The summed E-state index contributed by atoms with van der Waals surface area (Å²) >= 11 is 1.73. The van der Waals surface area contributed by atoms with Gasteiger partial charge in [-0.3, -0.25) is 4.79 Å². The van der Waals surface area contributed by atoms with Crippen LogP contribution in [0.4, 0.5) is 0 Å². The molecule has 0 radical (unpaired) electrons. The van der Waals surface area contributed by atoms with Crippen LogP contribution in [0, 0.1) is 0 Å². The van der Waals surface area contributed by atoms with Gasteiger partial charge in [0.05, 0.1) is 36.4 Å². The molecule has 3 heterocycles. The predicted molar refractivity (Wildman–Crippen MR) is 112 cm³/mol. The van der Waals surface area contributed by atoms with Crippen molar-refractivity contribution in [3.8, 4) is 0 Å². The summed E-state index contributed by atoms with van der Waals surface area (Å²) in [6.07, 6.45) is 0. The highest BCUT2D eigenvalue weighted by Crippen LogP contribution is 2.21. The summed E-state index contributed by atoms with van der Waals surface area (Å²) in [6.45, 7) is 3.76. The molecule has 1 saturated heterocycles. The lowest BCUT2D eigenvalue weighted by atomic mass is 10.1. The fourth-order valence-corrected chi connectivity index (χ4v) is 4.83. The SMILES string of the molecule is O=C(c1cc2ccccc2oc1=O)N1CC[NH+](Cc2nc3ccccc3s2)CC1. The predicted octanol–water partition coefficient (Wildman–Crippen LogP) is 1.94. The largest absolute Gasteiger partial charge is 0.422 e. The van der Waals surface area contributed by atoms with Crippen molar-refractivity contribution in [1.82, 2.24) is 9.88 Å². The first-order valence-electron chi connectivity index (χ1n) is 9.67. The molecule has 1 N–H and O–H groups in total. The number of benzene rings is 2. The minimum Gasteiger partial charge on any atom is -0.422 e. The van der Waals surface area contributed by atoms with Crippen LogP contribution < -0.4 is 10.5 Å². The van der Waals surface area contributed by atoms with Crippen LogP contribution in [0.15, 0.2) is 63.8 Å². The molecule has 1 fully saturated rings. The maximum Gasteiger partial charge on any atom is 0.349 e. The topological polar surface area (TPSA) is 67.8 Å². The highest BCUT2D eigenvalue weighted by molar-refractivity contribution is 7.18. The molecular weight excluding hydrogens is 386 g/mol. The smallest absolute Gasteiger partial charge is 0.349 e. The molecule has 0 bridgehead atoms. The number of para-hydroxylation sites is 2. The Kier molecular flexibility index (Phi) is 4.61. The Morgan fingerprint density at radius 2 is 1.86 bits per heavy atom. The molecule has 4 aromatic rings. The van der Waals surface area contributed by atoms with Gasteiger partial charge in [-0.2, -0.15) is 0 Å². The van der Waals surface area contributed by atoms with Gasteiger partial charge in [-0.05, 0) is 24.3 Å². The van der Waals surface area contributed by atoms with E-state index < -0.39 is 5.63 Å². The molecule has 1 aliphatic heterocycles. The van der Waals surface area contributed by atoms with E-state index >= 15 is 0 Å². The number of fused-ring (bicyclic) bond motifs is 2. The zero-order valence-electron chi connectivity index (χ0n) is 15.8. The molecule has 2 aromatic heterocycles. The number of hydrogen-bond donors (Lipinski definition) is 1. The Balaban J connectivity index is 1.27. The van der Waals surface area contributed by atoms with Crippen molar-refractivity contribution < 1.29 is 14.1 Å². The molecule has 0 aliphatic carbocycles. The van der Waals surface area contributed by atoms with Crippen LogP contribution in [0.5, 0.6) is 0 Å². The molecule has 0 atom stereocenters. The first-order chi connectivity index (χ1) is 14.2. The Morgan fingerprint density at radius 1 is 1.10 bits per heavy atom. The van der Waals surface area contributed by atoms with Crippen LogP contribution in [0.25, 0.3) is 21.2 Å². The van der Waals surface area contributed by atoms with Gasteiger partial charge in [-0.15, -0.1) is 11.3 Å². The van der Waals surface area contributed by atoms with Gasteiger partial charge in [0.25, 0.3) is 5.91 Å². The summed E-state index contributed by atoms with van der Waals surface area (Å²) in [6, 6.07) is 17.1. The molecule has 0 saturated carbocycles. The zero-order valence-corrected chi connectivity index (χ0v) is 16.6. The number of carbonyl (C=O) groups excluding carboxylic acids is 1. The van der Waals surface area contributed by atoms with E-state index in [-0.39, 0.29) is 11.5 Å². The number of quaternary nitrogens is 1. The normalized spacial score (nSPS) is 15.2. The third kappa shape index (κ3) is 3.54. The lowest BCUT2D eigenvalue weighted by molar-refractivity contribution is -0.917. The van der Waals surface area contributed by atoms with Crippen LogP contribution in [-0.2, 0) is 6.54 Å². The molecule has 0 spiro atoms. The van der Waals surface area contributed by atoms with Gasteiger partial charge in [0.1, 0.15) is 22.7 Å². The summed E-state index contributed by atoms with van der Waals surface area (Å²) in [5.41, 5.74) is 1.08. The van der Waals surface area contributed by atoms with Gasteiger partial charge in [-0.1, -0.05) is 30.3 Å². The molecule has 29 heavy (non-hydrogen) atoms. The average molecular weight is 406 g/mol. The number of carbonyl (C=O) groups is 1. The lowest BCUT2D eigenvalue weighted by Gasteiger charge is -2.31. The van der Waals surface area contributed by atoms with Gasteiger partial charge in [0.15, 0.2) is 0 Å². The van der Waals surface area contributed by atoms with E-state index in [0.29, 0.717) is 18.7 Å². The lowest BCUT2D eigenvalue weighted by Crippen LogP contribution is -3.13. The van der Waals surface area contributed by atoms with E-state index in [4.69, 9.17) is 9.40 Å². The minimum absolute atomic E-state index is 0.110. The number of piperazine rings is 1. The van der Waals surface area contributed by atoms with E-state index in [1.165, 1.54) is 9.60 Å². The summed E-state index contributed by atoms with van der Waals surface area (Å²) in [4.78, 5) is 33.0. The third-order valence-electron chi connectivity index (χ3n) is 5.37. The molecule has 6 nitrogen and oxygen atoms in total. The van der Waals surface area contributed by atoms with Crippen molar-refractivity contribution >= 4 is 38.4 Å². The van der Waals surface area contributed by atoms with Gasteiger partial charge in [0, 0.05) is 5.39 Å². The Morgan fingerprint density at radius 3 is 2.69 bits per heavy atom. The van der Waals surface area contributed by atoms with E-state index in [2.05, 4.69) is 6.07 Å². The van der Waals surface area contributed by atoms with E-state index in [1.54, 1.807) is 34.4 Å². The fourth-order valence-electron chi connectivity index (χ4n) is 3.79. The fraction of sp³-hybridized carbons (Fsp3) is 0.227. The van der Waals surface area contributed by atoms with Crippen molar-refractivity contribution in [1.29, 1.82) is 0 Å². The first kappa shape index (κ1) is 18.0. The monoisotopic (exact) mass is 406 g/mol. The molecule has 146 valence electrons. The summed E-state index contributed by atoms with van der Waals surface area (Å²) in [7, 11) is 0. The number of aromatic nitrogens is 1. The second kappa shape index (κ2) is 7.42. The number of amides is 1. The van der Waals surface area contributed by atoms with E-state index in [0.717, 1.165) is 35.5 Å². The molecule has 0 unspecified atom stereocenters. The van der Waals surface area contributed by atoms with Crippen LogP contribution in [0.1, 0.15) is 15.4 Å². The summed E-state index contributed by atoms with van der Waals surface area (Å²) in [5, 5.41) is 1.88. The minimum atomic E-state index is -0.571. The molecule has 1 amide bonds. The van der Waals surface area contributed by atoms with Crippen LogP contribution in [-0.4, -0.2) is 42.0 Å². The molecule has 7 heteroatoms. The van der Waals surface area contributed by atoms with Gasteiger partial charge < -0.3 is 14.2 Å². The van der Waals surface area contributed by atoms with Crippen LogP contribution in [0.3, 0.4) is 0 Å². The van der Waals surface area contributed by atoms with Gasteiger partial charge in [0.2, 0.25) is 0 Å². The van der Waals surface area contributed by atoms with Crippen molar-refractivity contribution in [3.63, 3.8) is 0 Å². The van der Waals surface area contributed by atoms with E-state index in [9.17, 15) is 9.59 Å². The average Bonchev–Trinajstić information content (AvgIpc) is 3.15. The van der Waals surface area contributed by atoms with Crippen molar-refractivity contribution in [2.75, 3.05) is 26.2 Å². The maximum absolute atomic E-state index is 12.9. The number of thiazole rings is 1. The number of nitrogens with zero attached hydrogens (tertiary/aromatic N) is 2. The standard InChI is InChI=1S/C22H19N3O3S/c26-21(16-13-15-5-1-3-7-18(15)28-22(16)27)25-11-9-24(10-12-25)14-20-23-17-6-2-4-8-19(17)29-20/h1-8,13H,9-12,14H2/p+1. The zero-order chi connectivity index (χ0) is 19.8. The van der Waals surface area contributed by atoms with Crippen molar-refractivity contribution in [2.45, 2.75) is 6.54 Å². The van der Waals surface area contributed by atoms with Crippen LogP contribution in [0.2, 0.25) is 0 Å². The van der Waals surface area contributed by atoms with Crippen molar-refractivity contribution in [2.24, 2.45) is 0 Å². The molecule has 5 rings (SSSR count). The maximum atomic E-state index is 12.9. The Bertz CT molecular complexity index is 1220. The highest BCUT2D eigenvalue weighted by atomic mass is 32.1. The molecule has 1 aliphatic rings. The number of hydrogen-bond acceptors (Lipinski definition) is 5. The van der Waals surface area contributed by atoms with Crippen molar-refractivity contribution in [3.05, 3.63) is 75.6 Å². The van der Waals surface area contributed by atoms with Gasteiger partial charge in [-0.25, -0.2) is 9.78 Å².